The van der Waals surface area contributed by atoms with Gasteiger partial charge in [-0.2, -0.15) is 5.10 Å². The second-order valence-electron chi connectivity index (χ2n) is 3.60. The summed E-state index contributed by atoms with van der Waals surface area (Å²) in [6.07, 6.45) is 2.71. The van der Waals surface area contributed by atoms with Crippen molar-refractivity contribution in [1.29, 1.82) is 0 Å². The van der Waals surface area contributed by atoms with Crippen LogP contribution >= 0.6 is 0 Å². The number of ether oxygens (including phenoxy) is 1. The second-order valence-corrected chi connectivity index (χ2v) is 3.60. The van der Waals surface area contributed by atoms with Gasteiger partial charge in [-0.3, -0.25) is 4.79 Å². The number of nitrogens with zero attached hydrogens (tertiary/aromatic N) is 1. The Bertz CT molecular complexity index is 591. The summed E-state index contributed by atoms with van der Waals surface area (Å²) in [5.74, 6) is 0.309. The van der Waals surface area contributed by atoms with Crippen LogP contribution in [0.3, 0.4) is 0 Å². The van der Waals surface area contributed by atoms with Gasteiger partial charge in [-0.1, -0.05) is 0 Å². The molecule has 6 heteroatoms. The Morgan fingerprint density at radius 3 is 3.00 bits per heavy atom. The fraction of sp³-hybridized carbons (Fsp3) is 0.0769. The van der Waals surface area contributed by atoms with Crippen molar-refractivity contribution in [2.24, 2.45) is 5.10 Å². The smallest absolute Gasteiger partial charge is 0.307 e. The monoisotopic (exact) mass is 260 g/mol. The number of nitrogens with one attached hydrogen (secondary N) is 1. The summed E-state index contributed by atoms with van der Waals surface area (Å²) < 4.78 is 9.92. The summed E-state index contributed by atoms with van der Waals surface area (Å²) in [5.41, 5.74) is 2.71. The molecule has 2 rings (SSSR count). The van der Waals surface area contributed by atoms with E-state index in [9.17, 15) is 9.90 Å². The SMILES string of the molecule is COc1ccc(O)c(/C=N\NC(=O)c2ccco2)c1. The minimum Gasteiger partial charge on any atom is -0.507 e. The normalized spacial score (nSPS) is 10.6. The molecular weight excluding hydrogens is 248 g/mol. The number of hydrogen-bond donors (Lipinski definition) is 2. The predicted octanol–water partition coefficient (Wildman–Crippen LogP) is 1.76. The Labute approximate surface area is 109 Å². The molecule has 0 atom stereocenters. The fourth-order valence-electron chi connectivity index (χ4n) is 1.39. The highest BCUT2D eigenvalue weighted by Crippen LogP contribution is 2.20. The summed E-state index contributed by atoms with van der Waals surface area (Å²) in [4.78, 5) is 11.5. The van der Waals surface area contributed by atoms with Crippen LogP contribution in [0.5, 0.6) is 11.5 Å². The van der Waals surface area contributed by atoms with Crippen LogP contribution in [0.1, 0.15) is 16.1 Å². The Morgan fingerprint density at radius 2 is 2.32 bits per heavy atom. The standard InChI is InChI=1S/C13H12N2O4/c1-18-10-4-5-11(16)9(7-10)8-14-15-13(17)12-3-2-6-19-12/h2-8,16H,1H3,(H,15,17)/b14-8-. The number of hydrogen-bond acceptors (Lipinski definition) is 5. The molecule has 6 nitrogen and oxygen atoms in total. The van der Waals surface area contributed by atoms with Gasteiger partial charge >= 0.3 is 5.91 Å². The zero-order chi connectivity index (χ0) is 13.7. The maximum atomic E-state index is 11.5. The molecule has 0 saturated heterocycles. The average Bonchev–Trinajstić information content (AvgIpc) is 2.95. The molecule has 1 heterocycles. The molecule has 0 bridgehead atoms. The summed E-state index contributed by atoms with van der Waals surface area (Å²) in [6, 6.07) is 7.82. The average molecular weight is 260 g/mol. The topological polar surface area (TPSA) is 84.1 Å². The number of aromatic hydroxyl groups is 1. The zero-order valence-corrected chi connectivity index (χ0v) is 10.2. The van der Waals surface area contributed by atoms with Gasteiger partial charge in [0.05, 0.1) is 19.6 Å². The van der Waals surface area contributed by atoms with Crippen LogP contribution in [-0.2, 0) is 0 Å². The molecule has 98 valence electrons. The van der Waals surface area contributed by atoms with Crippen molar-refractivity contribution in [3.8, 4) is 11.5 Å². The van der Waals surface area contributed by atoms with Crippen LogP contribution in [0.4, 0.5) is 0 Å². The van der Waals surface area contributed by atoms with Gasteiger partial charge in [0.2, 0.25) is 0 Å². The first-order chi connectivity index (χ1) is 9.20. The van der Waals surface area contributed by atoms with Crippen molar-refractivity contribution in [1.82, 2.24) is 5.43 Å². The molecule has 0 radical (unpaired) electrons. The molecule has 0 spiro atoms. The van der Waals surface area contributed by atoms with Gasteiger partial charge in [-0.15, -0.1) is 0 Å². The lowest BCUT2D eigenvalue weighted by Gasteiger charge is -2.02. The number of benzene rings is 1. The van der Waals surface area contributed by atoms with Crippen LogP contribution in [0, 0.1) is 0 Å². The van der Waals surface area contributed by atoms with E-state index >= 15 is 0 Å². The lowest BCUT2D eigenvalue weighted by atomic mass is 10.2. The van der Waals surface area contributed by atoms with Gasteiger partial charge in [0.1, 0.15) is 11.5 Å². The molecule has 1 aromatic heterocycles. The lowest BCUT2D eigenvalue weighted by molar-refractivity contribution is 0.0927. The number of phenols is 1. The number of hydrazone groups is 1. The van der Waals surface area contributed by atoms with Gasteiger partial charge in [-0.05, 0) is 30.3 Å². The van der Waals surface area contributed by atoms with Gasteiger partial charge in [0.25, 0.3) is 0 Å². The predicted molar refractivity (Wildman–Crippen MR) is 68.4 cm³/mol. The molecule has 0 unspecified atom stereocenters. The highest BCUT2D eigenvalue weighted by atomic mass is 16.5. The first kappa shape index (κ1) is 12.7. The first-order valence-corrected chi connectivity index (χ1v) is 5.44. The molecule has 0 aliphatic carbocycles. The van der Waals surface area contributed by atoms with Crippen molar-refractivity contribution in [3.05, 3.63) is 47.9 Å². The molecule has 1 amide bonds. The molecule has 0 saturated carbocycles. The van der Waals surface area contributed by atoms with Crippen molar-refractivity contribution in [2.75, 3.05) is 7.11 Å². The number of rotatable bonds is 4. The van der Waals surface area contributed by atoms with E-state index in [1.165, 1.54) is 31.7 Å². The molecular formula is C13H12N2O4. The molecule has 0 aliphatic rings. The zero-order valence-electron chi connectivity index (χ0n) is 10.2. The van der Waals surface area contributed by atoms with E-state index in [2.05, 4.69) is 10.5 Å². The minimum atomic E-state index is -0.469. The van der Waals surface area contributed by atoms with Crippen molar-refractivity contribution in [3.63, 3.8) is 0 Å². The Kier molecular flexibility index (Phi) is 3.82. The first-order valence-electron chi connectivity index (χ1n) is 5.44. The Balaban J connectivity index is 2.05. The summed E-state index contributed by atoms with van der Waals surface area (Å²) in [5, 5.41) is 13.3. The van der Waals surface area contributed by atoms with E-state index in [1.807, 2.05) is 0 Å². The number of carbonyl (C=O) groups is 1. The van der Waals surface area contributed by atoms with Crippen LogP contribution in [0.2, 0.25) is 0 Å². The second kappa shape index (κ2) is 5.72. The van der Waals surface area contributed by atoms with Gasteiger partial charge in [-0.25, -0.2) is 5.43 Å². The number of amides is 1. The lowest BCUT2D eigenvalue weighted by Crippen LogP contribution is -2.16. The molecule has 1 aromatic carbocycles. The maximum Gasteiger partial charge on any atom is 0.307 e. The number of carbonyl (C=O) groups excluding carboxylic acids is 1. The third kappa shape index (κ3) is 3.12. The van der Waals surface area contributed by atoms with Crippen LogP contribution in [-0.4, -0.2) is 24.3 Å². The third-order valence-corrected chi connectivity index (χ3v) is 2.35. The highest BCUT2D eigenvalue weighted by molar-refractivity contribution is 5.92. The van der Waals surface area contributed by atoms with E-state index in [0.29, 0.717) is 11.3 Å². The molecule has 0 fully saturated rings. The Morgan fingerprint density at radius 1 is 1.47 bits per heavy atom. The van der Waals surface area contributed by atoms with E-state index in [0.717, 1.165) is 0 Å². The van der Waals surface area contributed by atoms with Gasteiger partial charge in [0, 0.05) is 5.56 Å². The van der Waals surface area contributed by atoms with E-state index in [-0.39, 0.29) is 11.5 Å². The Hall–Kier alpha value is -2.76. The minimum absolute atomic E-state index is 0.0387. The van der Waals surface area contributed by atoms with Crippen LogP contribution in [0.25, 0.3) is 0 Å². The number of furan rings is 1. The van der Waals surface area contributed by atoms with E-state index < -0.39 is 5.91 Å². The van der Waals surface area contributed by atoms with Crippen molar-refractivity contribution < 1.29 is 19.1 Å². The molecule has 2 aromatic rings. The number of methoxy groups -OCH3 is 1. The molecule has 0 aliphatic heterocycles. The molecule has 19 heavy (non-hydrogen) atoms. The number of phenolic OH excluding ortho intramolecular Hbond substituents is 1. The quantitative estimate of drug-likeness (QED) is 0.648. The summed E-state index contributed by atoms with van der Waals surface area (Å²) in [7, 11) is 1.52. The highest BCUT2D eigenvalue weighted by Gasteiger charge is 2.06. The molecule has 2 N–H and O–H groups in total. The van der Waals surface area contributed by atoms with Crippen LogP contribution < -0.4 is 10.2 Å². The summed E-state index contributed by atoms with van der Waals surface area (Å²) in [6.45, 7) is 0. The van der Waals surface area contributed by atoms with Gasteiger partial charge < -0.3 is 14.3 Å². The van der Waals surface area contributed by atoms with Gasteiger partial charge in [0.15, 0.2) is 5.76 Å². The third-order valence-electron chi connectivity index (χ3n) is 2.35. The fourth-order valence-corrected chi connectivity index (χ4v) is 1.39. The van der Waals surface area contributed by atoms with E-state index in [4.69, 9.17) is 9.15 Å². The van der Waals surface area contributed by atoms with E-state index in [1.54, 1.807) is 18.2 Å². The van der Waals surface area contributed by atoms with Crippen molar-refractivity contribution in [2.45, 2.75) is 0 Å². The largest absolute Gasteiger partial charge is 0.507 e. The van der Waals surface area contributed by atoms with Crippen molar-refractivity contribution >= 4 is 12.1 Å². The summed E-state index contributed by atoms with van der Waals surface area (Å²) >= 11 is 0. The maximum absolute atomic E-state index is 11.5. The van der Waals surface area contributed by atoms with Crippen LogP contribution in [0.15, 0.2) is 46.1 Å².